The standard InChI is InChI=1S/C12H17N5OS/c1-9-12-10(15(2)14-9)7-13-17(12)8-11(18)16-3-5-19-6-4-16/h7H,3-6,8H2,1-2H3. The molecule has 3 heterocycles. The zero-order valence-electron chi connectivity index (χ0n) is 11.2. The molecule has 3 rings (SSSR count). The quantitative estimate of drug-likeness (QED) is 0.810. The number of amides is 1. The van der Waals surface area contributed by atoms with Crippen molar-refractivity contribution in [1.29, 1.82) is 0 Å². The number of aryl methyl sites for hydroxylation is 2. The van der Waals surface area contributed by atoms with Gasteiger partial charge in [-0.15, -0.1) is 0 Å². The first kappa shape index (κ1) is 12.5. The first-order valence-electron chi connectivity index (χ1n) is 6.37. The molecular weight excluding hydrogens is 262 g/mol. The Morgan fingerprint density at radius 3 is 2.89 bits per heavy atom. The van der Waals surface area contributed by atoms with E-state index >= 15 is 0 Å². The molecule has 7 heteroatoms. The Morgan fingerprint density at radius 2 is 2.16 bits per heavy atom. The van der Waals surface area contributed by atoms with E-state index in [0.29, 0.717) is 6.54 Å². The molecule has 0 atom stereocenters. The Kier molecular flexibility index (Phi) is 3.22. The van der Waals surface area contributed by atoms with E-state index in [-0.39, 0.29) is 5.91 Å². The minimum Gasteiger partial charge on any atom is -0.339 e. The maximum absolute atomic E-state index is 12.3. The summed E-state index contributed by atoms with van der Waals surface area (Å²) in [5, 5.41) is 8.67. The molecule has 0 unspecified atom stereocenters. The van der Waals surface area contributed by atoms with Gasteiger partial charge >= 0.3 is 0 Å². The summed E-state index contributed by atoms with van der Waals surface area (Å²) in [6.07, 6.45) is 1.77. The second-order valence-electron chi connectivity index (χ2n) is 4.74. The maximum Gasteiger partial charge on any atom is 0.244 e. The largest absolute Gasteiger partial charge is 0.339 e. The molecule has 1 saturated heterocycles. The van der Waals surface area contributed by atoms with Crippen LogP contribution in [0.2, 0.25) is 0 Å². The van der Waals surface area contributed by atoms with Crippen molar-refractivity contribution in [3.05, 3.63) is 11.9 Å². The van der Waals surface area contributed by atoms with Gasteiger partial charge in [0.2, 0.25) is 5.91 Å². The molecule has 0 aliphatic carbocycles. The molecule has 102 valence electrons. The predicted octanol–water partition coefficient (Wildman–Crippen LogP) is 0.654. The van der Waals surface area contributed by atoms with E-state index in [0.717, 1.165) is 41.3 Å². The highest BCUT2D eigenvalue weighted by molar-refractivity contribution is 7.99. The number of hydrogen-bond acceptors (Lipinski definition) is 4. The second-order valence-corrected chi connectivity index (χ2v) is 5.96. The number of nitrogens with zero attached hydrogens (tertiary/aromatic N) is 5. The topological polar surface area (TPSA) is 56.0 Å². The van der Waals surface area contributed by atoms with Crippen molar-refractivity contribution in [2.75, 3.05) is 24.6 Å². The first-order chi connectivity index (χ1) is 9.16. The SMILES string of the molecule is Cc1nn(C)c2cnn(CC(=O)N3CCSCC3)c12. The smallest absolute Gasteiger partial charge is 0.244 e. The van der Waals surface area contributed by atoms with Gasteiger partial charge in [0.15, 0.2) is 0 Å². The zero-order chi connectivity index (χ0) is 13.4. The van der Waals surface area contributed by atoms with Crippen molar-refractivity contribution >= 4 is 28.7 Å². The second kappa shape index (κ2) is 4.88. The van der Waals surface area contributed by atoms with Crippen LogP contribution in [0.25, 0.3) is 11.0 Å². The average Bonchev–Trinajstić information content (AvgIpc) is 2.94. The minimum atomic E-state index is 0.147. The van der Waals surface area contributed by atoms with Crippen molar-refractivity contribution in [3.8, 4) is 0 Å². The molecule has 2 aromatic heterocycles. The van der Waals surface area contributed by atoms with Crippen LogP contribution in [0, 0.1) is 6.92 Å². The number of rotatable bonds is 2. The summed E-state index contributed by atoms with van der Waals surface area (Å²) in [7, 11) is 1.89. The first-order valence-corrected chi connectivity index (χ1v) is 7.53. The minimum absolute atomic E-state index is 0.147. The van der Waals surface area contributed by atoms with Gasteiger partial charge in [-0.25, -0.2) is 0 Å². The summed E-state index contributed by atoms with van der Waals surface area (Å²) in [6, 6.07) is 0. The number of fused-ring (bicyclic) bond motifs is 1. The number of thioether (sulfide) groups is 1. The van der Waals surface area contributed by atoms with Crippen LogP contribution in [-0.2, 0) is 18.4 Å². The van der Waals surface area contributed by atoms with Gasteiger partial charge in [-0.2, -0.15) is 22.0 Å². The fraction of sp³-hybridized carbons (Fsp3) is 0.583. The number of aromatic nitrogens is 4. The summed E-state index contributed by atoms with van der Waals surface area (Å²) >= 11 is 1.90. The average molecular weight is 279 g/mol. The lowest BCUT2D eigenvalue weighted by molar-refractivity contribution is -0.131. The molecule has 1 aliphatic heterocycles. The van der Waals surface area contributed by atoms with E-state index in [9.17, 15) is 4.79 Å². The van der Waals surface area contributed by atoms with E-state index in [4.69, 9.17) is 0 Å². The Balaban J connectivity index is 1.83. The number of carbonyl (C=O) groups is 1. The van der Waals surface area contributed by atoms with Crippen LogP contribution in [0.5, 0.6) is 0 Å². The molecule has 0 N–H and O–H groups in total. The molecule has 1 fully saturated rings. The maximum atomic E-state index is 12.3. The van der Waals surface area contributed by atoms with E-state index in [1.807, 2.05) is 30.6 Å². The van der Waals surface area contributed by atoms with Gasteiger partial charge in [0, 0.05) is 31.6 Å². The molecule has 0 radical (unpaired) electrons. The Hall–Kier alpha value is -1.50. The Bertz CT molecular complexity index is 611. The van der Waals surface area contributed by atoms with E-state index in [2.05, 4.69) is 10.2 Å². The van der Waals surface area contributed by atoms with Crippen LogP contribution >= 0.6 is 11.8 Å². The van der Waals surface area contributed by atoms with Crippen molar-refractivity contribution in [3.63, 3.8) is 0 Å². The number of hydrogen-bond donors (Lipinski definition) is 0. The van der Waals surface area contributed by atoms with Crippen LogP contribution in [0.1, 0.15) is 5.69 Å². The fourth-order valence-electron chi connectivity index (χ4n) is 2.47. The van der Waals surface area contributed by atoms with Crippen LogP contribution in [0.4, 0.5) is 0 Å². The Morgan fingerprint density at radius 1 is 1.42 bits per heavy atom. The molecule has 0 saturated carbocycles. The molecule has 19 heavy (non-hydrogen) atoms. The molecule has 1 aliphatic rings. The lowest BCUT2D eigenvalue weighted by Gasteiger charge is -2.26. The summed E-state index contributed by atoms with van der Waals surface area (Å²) < 4.78 is 3.57. The fourth-order valence-corrected chi connectivity index (χ4v) is 3.37. The van der Waals surface area contributed by atoms with Crippen molar-refractivity contribution in [2.24, 2.45) is 7.05 Å². The summed E-state index contributed by atoms with van der Waals surface area (Å²) in [5.74, 6) is 2.21. The van der Waals surface area contributed by atoms with Gasteiger partial charge in [-0.3, -0.25) is 14.2 Å². The third kappa shape index (κ3) is 2.22. The summed E-state index contributed by atoms with van der Waals surface area (Å²) in [4.78, 5) is 14.2. The number of carbonyl (C=O) groups excluding carboxylic acids is 1. The summed E-state index contributed by atoms with van der Waals surface area (Å²) in [6.45, 7) is 3.95. The monoisotopic (exact) mass is 279 g/mol. The highest BCUT2D eigenvalue weighted by Gasteiger charge is 2.19. The van der Waals surface area contributed by atoms with Crippen LogP contribution in [0.15, 0.2) is 6.20 Å². The highest BCUT2D eigenvalue weighted by atomic mass is 32.2. The third-order valence-corrected chi connectivity index (χ3v) is 4.40. The molecule has 0 aromatic carbocycles. The van der Waals surface area contributed by atoms with Crippen molar-refractivity contribution in [1.82, 2.24) is 24.5 Å². The van der Waals surface area contributed by atoms with Gasteiger partial charge in [0.1, 0.15) is 17.6 Å². The van der Waals surface area contributed by atoms with Gasteiger partial charge in [-0.05, 0) is 6.92 Å². The lowest BCUT2D eigenvalue weighted by Crippen LogP contribution is -2.39. The molecule has 1 amide bonds. The van der Waals surface area contributed by atoms with Crippen molar-refractivity contribution < 1.29 is 4.79 Å². The van der Waals surface area contributed by atoms with Crippen LogP contribution in [-0.4, -0.2) is 55.0 Å². The normalized spacial score (nSPS) is 16.2. The predicted molar refractivity (Wildman–Crippen MR) is 75.1 cm³/mol. The van der Waals surface area contributed by atoms with Crippen LogP contribution in [0.3, 0.4) is 0 Å². The van der Waals surface area contributed by atoms with E-state index < -0.39 is 0 Å². The molecule has 6 nitrogen and oxygen atoms in total. The third-order valence-electron chi connectivity index (χ3n) is 3.46. The van der Waals surface area contributed by atoms with E-state index in [1.165, 1.54) is 0 Å². The molecule has 0 spiro atoms. The molecule has 0 bridgehead atoms. The Labute approximate surface area is 115 Å². The van der Waals surface area contributed by atoms with Crippen LogP contribution < -0.4 is 0 Å². The lowest BCUT2D eigenvalue weighted by atomic mass is 10.4. The van der Waals surface area contributed by atoms with Gasteiger partial charge in [0.05, 0.1) is 11.9 Å². The zero-order valence-corrected chi connectivity index (χ0v) is 12.0. The van der Waals surface area contributed by atoms with Crippen molar-refractivity contribution in [2.45, 2.75) is 13.5 Å². The molecular formula is C12H17N5OS. The van der Waals surface area contributed by atoms with Gasteiger partial charge in [-0.1, -0.05) is 0 Å². The van der Waals surface area contributed by atoms with Gasteiger partial charge in [0.25, 0.3) is 0 Å². The summed E-state index contributed by atoms with van der Waals surface area (Å²) in [5.41, 5.74) is 2.85. The van der Waals surface area contributed by atoms with E-state index in [1.54, 1.807) is 15.6 Å². The highest BCUT2D eigenvalue weighted by Crippen LogP contribution is 2.17. The molecule has 2 aromatic rings. The van der Waals surface area contributed by atoms with Gasteiger partial charge < -0.3 is 4.90 Å².